The number of aliphatic imine (C=N–C) groups is 1. The summed E-state index contributed by atoms with van der Waals surface area (Å²) < 4.78 is 0. The topological polar surface area (TPSA) is 31.7 Å². The van der Waals surface area contributed by atoms with Gasteiger partial charge in [0.25, 0.3) is 0 Å². The highest BCUT2D eigenvalue weighted by molar-refractivity contribution is 5.88. The van der Waals surface area contributed by atoms with Crippen LogP contribution in [-0.4, -0.2) is 35.4 Å². The Morgan fingerprint density at radius 3 is 2.34 bits per heavy atom. The zero-order chi connectivity index (χ0) is 20.2. The number of rotatable bonds is 3. The summed E-state index contributed by atoms with van der Waals surface area (Å²) in [6.07, 6.45) is 8.46. The summed E-state index contributed by atoms with van der Waals surface area (Å²) in [5.74, 6) is 1.11. The fourth-order valence-corrected chi connectivity index (χ4v) is 4.20. The van der Waals surface area contributed by atoms with E-state index in [9.17, 15) is 0 Å². The maximum atomic E-state index is 5.18. The van der Waals surface area contributed by atoms with Gasteiger partial charge in [0, 0.05) is 54.5 Å². The van der Waals surface area contributed by atoms with E-state index >= 15 is 0 Å². The minimum Gasteiger partial charge on any atom is -0.360 e. The lowest BCUT2D eigenvalue weighted by Gasteiger charge is -2.28. The SMILES string of the molecule is C=C1/C(=C(\N=C(/C)N2CCCCC2)c2ccc(C)cc2)CCN1c1ccncc1. The van der Waals surface area contributed by atoms with Gasteiger partial charge < -0.3 is 9.80 Å². The average molecular weight is 387 g/mol. The van der Waals surface area contributed by atoms with E-state index in [-0.39, 0.29) is 0 Å². The molecule has 150 valence electrons. The van der Waals surface area contributed by atoms with Gasteiger partial charge in [0.1, 0.15) is 5.84 Å². The molecule has 29 heavy (non-hydrogen) atoms. The molecule has 0 spiro atoms. The monoisotopic (exact) mass is 386 g/mol. The van der Waals surface area contributed by atoms with Crippen molar-refractivity contribution in [3.05, 3.63) is 77.8 Å². The molecule has 3 heterocycles. The molecule has 1 aromatic carbocycles. The van der Waals surface area contributed by atoms with Crippen LogP contribution in [0.1, 0.15) is 43.7 Å². The maximum absolute atomic E-state index is 5.18. The summed E-state index contributed by atoms with van der Waals surface area (Å²) >= 11 is 0. The summed E-state index contributed by atoms with van der Waals surface area (Å²) in [6.45, 7) is 11.9. The van der Waals surface area contributed by atoms with Gasteiger partial charge in [-0.1, -0.05) is 36.4 Å². The molecule has 2 saturated heterocycles. The predicted molar refractivity (Wildman–Crippen MR) is 122 cm³/mol. The van der Waals surface area contributed by atoms with Gasteiger partial charge in [-0.2, -0.15) is 0 Å². The van der Waals surface area contributed by atoms with Crippen molar-refractivity contribution in [3.63, 3.8) is 0 Å². The lowest BCUT2D eigenvalue weighted by molar-refractivity contribution is 0.341. The van der Waals surface area contributed by atoms with Crippen molar-refractivity contribution in [1.82, 2.24) is 9.88 Å². The molecular formula is C25H30N4. The van der Waals surface area contributed by atoms with Crippen LogP contribution in [0.15, 0.2) is 71.6 Å². The zero-order valence-corrected chi connectivity index (χ0v) is 17.6. The van der Waals surface area contributed by atoms with Crippen molar-refractivity contribution in [2.75, 3.05) is 24.5 Å². The number of aromatic nitrogens is 1. The lowest BCUT2D eigenvalue weighted by Crippen LogP contribution is -2.34. The number of piperidine rings is 1. The van der Waals surface area contributed by atoms with Gasteiger partial charge in [0.15, 0.2) is 0 Å². The molecule has 4 rings (SSSR count). The van der Waals surface area contributed by atoms with Crippen LogP contribution < -0.4 is 4.90 Å². The minimum absolute atomic E-state index is 0.922. The first-order chi connectivity index (χ1) is 14.1. The first-order valence-corrected chi connectivity index (χ1v) is 10.6. The zero-order valence-electron chi connectivity index (χ0n) is 17.6. The first kappa shape index (κ1) is 19.4. The molecule has 0 bridgehead atoms. The molecule has 4 nitrogen and oxygen atoms in total. The minimum atomic E-state index is 0.922. The molecule has 0 atom stereocenters. The van der Waals surface area contributed by atoms with Gasteiger partial charge in [-0.3, -0.25) is 4.98 Å². The Morgan fingerprint density at radius 1 is 0.966 bits per heavy atom. The number of amidine groups is 1. The molecule has 2 aliphatic heterocycles. The fourth-order valence-electron chi connectivity index (χ4n) is 4.20. The van der Waals surface area contributed by atoms with Gasteiger partial charge >= 0.3 is 0 Å². The van der Waals surface area contributed by atoms with Gasteiger partial charge in [-0.25, -0.2) is 4.99 Å². The summed E-state index contributed by atoms with van der Waals surface area (Å²) in [4.78, 5) is 14.0. The van der Waals surface area contributed by atoms with E-state index in [0.29, 0.717) is 0 Å². The summed E-state index contributed by atoms with van der Waals surface area (Å²) in [7, 11) is 0. The van der Waals surface area contributed by atoms with E-state index in [0.717, 1.165) is 49.0 Å². The lowest BCUT2D eigenvalue weighted by atomic mass is 10.0. The van der Waals surface area contributed by atoms with Gasteiger partial charge in [0.2, 0.25) is 0 Å². The first-order valence-electron chi connectivity index (χ1n) is 10.6. The highest BCUT2D eigenvalue weighted by atomic mass is 15.2. The quantitative estimate of drug-likeness (QED) is 0.521. The smallest absolute Gasteiger partial charge is 0.102 e. The fraction of sp³-hybridized carbons (Fsp3) is 0.360. The van der Waals surface area contributed by atoms with Crippen LogP contribution in [0.3, 0.4) is 0 Å². The van der Waals surface area contributed by atoms with Crippen molar-refractivity contribution in [2.24, 2.45) is 4.99 Å². The van der Waals surface area contributed by atoms with Crippen LogP contribution in [0.4, 0.5) is 5.69 Å². The van der Waals surface area contributed by atoms with Crippen LogP contribution in [0.25, 0.3) is 5.70 Å². The van der Waals surface area contributed by atoms with Crippen molar-refractivity contribution < 1.29 is 0 Å². The second-order valence-electron chi connectivity index (χ2n) is 7.95. The highest BCUT2D eigenvalue weighted by Gasteiger charge is 2.26. The van der Waals surface area contributed by atoms with Crippen molar-refractivity contribution in [3.8, 4) is 0 Å². The molecule has 0 saturated carbocycles. The summed E-state index contributed by atoms with van der Waals surface area (Å²) in [5, 5.41) is 0. The average Bonchev–Trinajstić information content (AvgIpc) is 3.15. The Bertz CT molecular complexity index is 919. The predicted octanol–water partition coefficient (Wildman–Crippen LogP) is 5.43. The van der Waals surface area contributed by atoms with E-state index in [1.165, 1.54) is 36.0 Å². The number of benzene rings is 1. The van der Waals surface area contributed by atoms with E-state index in [1.54, 1.807) is 0 Å². The van der Waals surface area contributed by atoms with E-state index in [1.807, 2.05) is 24.5 Å². The molecule has 0 aliphatic carbocycles. The van der Waals surface area contributed by atoms with E-state index < -0.39 is 0 Å². The third-order valence-corrected chi connectivity index (χ3v) is 5.93. The second-order valence-corrected chi connectivity index (χ2v) is 7.95. The maximum Gasteiger partial charge on any atom is 0.102 e. The number of hydrogen-bond acceptors (Lipinski definition) is 3. The third kappa shape index (κ3) is 4.26. The molecule has 2 fully saturated rings. The van der Waals surface area contributed by atoms with E-state index in [4.69, 9.17) is 4.99 Å². The Morgan fingerprint density at radius 2 is 1.66 bits per heavy atom. The Kier molecular flexibility index (Phi) is 5.79. The van der Waals surface area contributed by atoms with E-state index in [2.05, 4.69) is 59.5 Å². The number of anilines is 1. The number of aryl methyl sites for hydroxylation is 1. The Balaban J connectivity index is 1.73. The molecule has 2 aromatic rings. The number of nitrogens with zero attached hydrogens (tertiary/aromatic N) is 4. The molecule has 1 aromatic heterocycles. The van der Waals surface area contributed by atoms with Crippen molar-refractivity contribution in [2.45, 2.75) is 39.5 Å². The van der Waals surface area contributed by atoms with Crippen LogP contribution >= 0.6 is 0 Å². The third-order valence-electron chi connectivity index (χ3n) is 5.93. The molecular weight excluding hydrogens is 356 g/mol. The Labute approximate surface area is 174 Å². The van der Waals surface area contributed by atoms with Crippen LogP contribution in [0, 0.1) is 6.92 Å². The summed E-state index contributed by atoms with van der Waals surface area (Å²) in [5.41, 5.74) is 6.91. The largest absolute Gasteiger partial charge is 0.360 e. The molecule has 0 radical (unpaired) electrons. The van der Waals surface area contributed by atoms with Crippen LogP contribution in [-0.2, 0) is 0 Å². The summed E-state index contributed by atoms with van der Waals surface area (Å²) in [6, 6.07) is 12.8. The second kappa shape index (κ2) is 8.64. The van der Waals surface area contributed by atoms with Gasteiger partial charge in [-0.05, 0) is 51.7 Å². The number of pyridine rings is 1. The molecule has 4 heteroatoms. The van der Waals surface area contributed by atoms with Crippen molar-refractivity contribution in [1.29, 1.82) is 0 Å². The van der Waals surface area contributed by atoms with Gasteiger partial charge in [-0.15, -0.1) is 0 Å². The molecule has 0 N–H and O–H groups in total. The highest BCUT2D eigenvalue weighted by Crippen LogP contribution is 2.37. The Hall–Kier alpha value is -2.88. The van der Waals surface area contributed by atoms with Crippen LogP contribution in [0.2, 0.25) is 0 Å². The standard InChI is InChI=1S/C25H30N4/c1-19-7-9-22(10-8-19)25(27-21(3)28-16-5-4-6-17-28)24-13-18-29(20(24)2)23-11-14-26-15-12-23/h7-12,14-15H,2,4-6,13,16-18H2,1,3H3/b25-24-,27-21+. The van der Waals surface area contributed by atoms with Crippen molar-refractivity contribution >= 4 is 17.2 Å². The molecule has 2 aliphatic rings. The van der Waals surface area contributed by atoms with Crippen LogP contribution in [0.5, 0.6) is 0 Å². The van der Waals surface area contributed by atoms with Gasteiger partial charge in [0.05, 0.1) is 5.70 Å². The number of allylic oxidation sites excluding steroid dienone is 1. The number of hydrogen-bond donors (Lipinski definition) is 0. The number of likely N-dealkylation sites (tertiary alicyclic amines) is 1. The molecule has 0 amide bonds. The molecule has 0 unspecified atom stereocenters. The normalized spacial score (nSPS) is 19.7.